The molecule has 0 aliphatic heterocycles. The van der Waals surface area contributed by atoms with Crippen LogP contribution in [0.4, 0.5) is 0 Å². The molecular formula is C8H6N2O2S. The van der Waals surface area contributed by atoms with Crippen LogP contribution in [0.5, 0.6) is 0 Å². The molecule has 0 saturated carbocycles. The molecule has 66 valence electrons. The van der Waals surface area contributed by atoms with E-state index in [-0.39, 0.29) is 0 Å². The third kappa shape index (κ3) is 1.55. The van der Waals surface area contributed by atoms with Crippen LogP contribution in [0, 0.1) is 0 Å². The summed E-state index contributed by atoms with van der Waals surface area (Å²) in [5.41, 5.74) is -0.0508. The SMILES string of the molecule is CSc1ncc2ccc(=O)oc2n1. The number of thioether (sulfide) groups is 1. The van der Waals surface area contributed by atoms with Gasteiger partial charge in [0, 0.05) is 12.3 Å². The number of hydrogen-bond donors (Lipinski definition) is 0. The molecule has 5 heteroatoms. The van der Waals surface area contributed by atoms with E-state index in [1.54, 1.807) is 12.3 Å². The maximum atomic E-state index is 10.8. The lowest BCUT2D eigenvalue weighted by molar-refractivity contribution is 0.544. The quantitative estimate of drug-likeness (QED) is 0.506. The molecule has 0 aliphatic rings. The Balaban J connectivity index is 2.75. The summed E-state index contributed by atoms with van der Waals surface area (Å²) in [5, 5.41) is 1.33. The third-order valence-electron chi connectivity index (χ3n) is 1.54. The van der Waals surface area contributed by atoms with Gasteiger partial charge in [-0.15, -0.1) is 0 Å². The summed E-state index contributed by atoms with van der Waals surface area (Å²) in [4.78, 5) is 18.9. The van der Waals surface area contributed by atoms with Crippen molar-refractivity contribution in [2.75, 3.05) is 6.26 Å². The first kappa shape index (κ1) is 8.25. The maximum Gasteiger partial charge on any atom is 0.337 e. The Kier molecular flexibility index (Phi) is 2.02. The average Bonchev–Trinajstić information content (AvgIpc) is 2.16. The van der Waals surface area contributed by atoms with Crippen LogP contribution in [0.2, 0.25) is 0 Å². The van der Waals surface area contributed by atoms with Crippen molar-refractivity contribution in [1.82, 2.24) is 9.97 Å². The van der Waals surface area contributed by atoms with Crippen LogP contribution in [0.3, 0.4) is 0 Å². The summed E-state index contributed by atoms with van der Waals surface area (Å²) in [7, 11) is 0. The zero-order valence-electron chi connectivity index (χ0n) is 6.85. The van der Waals surface area contributed by atoms with E-state index in [2.05, 4.69) is 9.97 Å². The highest BCUT2D eigenvalue weighted by atomic mass is 32.2. The largest absolute Gasteiger partial charge is 0.403 e. The second kappa shape index (κ2) is 3.18. The lowest BCUT2D eigenvalue weighted by atomic mass is 10.4. The third-order valence-corrected chi connectivity index (χ3v) is 2.10. The molecule has 0 N–H and O–H groups in total. The van der Waals surface area contributed by atoms with Crippen LogP contribution in [-0.4, -0.2) is 16.2 Å². The van der Waals surface area contributed by atoms with Gasteiger partial charge in [-0.3, -0.25) is 0 Å². The van der Waals surface area contributed by atoms with Crippen molar-refractivity contribution in [3.63, 3.8) is 0 Å². The fourth-order valence-electron chi connectivity index (χ4n) is 0.942. The van der Waals surface area contributed by atoms with Gasteiger partial charge in [-0.25, -0.2) is 9.78 Å². The highest BCUT2D eigenvalue weighted by molar-refractivity contribution is 7.98. The minimum absolute atomic E-state index is 0.340. The highest BCUT2D eigenvalue weighted by Gasteiger charge is 2.00. The van der Waals surface area contributed by atoms with Crippen LogP contribution in [-0.2, 0) is 0 Å². The van der Waals surface area contributed by atoms with Gasteiger partial charge in [0.1, 0.15) is 0 Å². The maximum absolute atomic E-state index is 10.8. The van der Waals surface area contributed by atoms with Crippen LogP contribution in [0.15, 0.2) is 32.7 Å². The summed E-state index contributed by atoms with van der Waals surface area (Å²) < 4.78 is 4.88. The van der Waals surface area contributed by atoms with Gasteiger partial charge < -0.3 is 4.42 Å². The number of nitrogens with zero attached hydrogens (tertiary/aromatic N) is 2. The smallest absolute Gasteiger partial charge is 0.337 e. The molecule has 13 heavy (non-hydrogen) atoms. The molecule has 0 radical (unpaired) electrons. The first-order valence-corrected chi connectivity index (χ1v) is 4.83. The van der Waals surface area contributed by atoms with Crippen LogP contribution < -0.4 is 5.63 Å². The van der Waals surface area contributed by atoms with Gasteiger partial charge in [0.15, 0.2) is 5.16 Å². The standard InChI is InChI=1S/C8H6N2O2S/c1-13-8-9-4-5-2-3-6(11)12-7(5)10-8/h2-4H,1H3. The fraction of sp³-hybridized carbons (Fsp3) is 0.125. The highest BCUT2D eigenvalue weighted by Crippen LogP contribution is 2.12. The fourth-order valence-corrected chi connectivity index (χ4v) is 1.27. The van der Waals surface area contributed by atoms with E-state index in [4.69, 9.17) is 4.42 Å². The van der Waals surface area contributed by atoms with Crippen molar-refractivity contribution in [2.24, 2.45) is 0 Å². The Morgan fingerprint density at radius 3 is 3.08 bits per heavy atom. The Labute approximate surface area is 78.0 Å². The predicted octanol–water partition coefficient (Wildman–Crippen LogP) is 1.30. The minimum Gasteiger partial charge on any atom is -0.403 e. The molecule has 2 heterocycles. The van der Waals surface area contributed by atoms with Crippen LogP contribution in [0.1, 0.15) is 0 Å². The van der Waals surface area contributed by atoms with E-state index in [1.165, 1.54) is 17.8 Å². The molecule has 0 saturated heterocycles. The molecule has 0 unspecified atom stereocenters. The Hall–Kier alpha value is -1.36. The minimum atomic E-state index is -0.391. The van der Waals surface area contributed by atoms with Gasteiger partial charge in [-0.1, -0.05) is 11.8 Å². The molecule has 0 bridgehead atoms. The van der Waals surface area contributed by atoms with Gasteiger partial charge in [0.05, 0.1) is 5.39 Å². The molecule has 0 fully saturated rings. The summed E-state index contributed by atoms with van der Waals surface area (Å²) >= 11 is 1.41. The lowest BCUT2D eigenvalue weighted by Gasteiger charge is -1.95. The van der Waals surface area contributed by atoms with E-state index in [1.807, 2.05) is 6.26 Å². The van der Waals surface area contributed by atoms with Crippen LogP contribution >= 0.6 is 11.8 Å². The van der Waals surface area contributed by atoms with Crippen molar-refractivity contribution < 1.29 is 4.42 Å². The van der Waals surface area contributed by atoms with Crippen molar-refractivity contribution in [2.45, 2.75) is 5.16 Å². The molecule has 4 nitrogen and oxygen atoms in total. The van der Waals surface area contributed by atoms with Crippen molar-refractivity contribution in [3.8, 4) is 0 Å². The van der Waals surface area contributed by atoms with E-state index < -0.39 is 5.63 Å². The first-order valence-electron chi connectivity index (χ1n) is 3.60. The monoisotopic (exact) mass is 194 g/mol. The van der Waals surface area contributed by atoms with Crippen molar-refractivity contribution in [3.05, 3.63) is 28.7 Å². The number of fused-ring (bicyclic) bond motifs is 1. The average molecular weight is 194 g/mol. The number of rotatable bonds is 1. The zero-order chi connectivity index (χ0) is 9.26. The van der Waals surface area contributed by atoms with E-state index >= 15 is 0 Å². The lowest BCUT2D eigenvalue weighted by Crippen LogP contribution is -1.97. The summed E-state index contributed by atoms with van der Waals surface area (Å²) in [6.45, 7) is 0. The van der Waals surface area contributed by atoms with E-state index in [0.717, 1.165) is 5.39 Å². The molecule has 2 aromatic heterocycles. The van der Waals surface area contributed by atoms with Crippen molar-refractivity contribution in [1.29, 1.82) is 0 Å². The van der Waals surface area contributed by atoms with Crippen LogP contribution in [0.25, 0.3) is 11.1 Å². The molecular weight excluding hydrogens is 188 g/mol. The Bertz CT molecular complexity index is 495. The normalized spacial score (nSPS) is 10.5. The molecule has 0 amide bonds. The van der Waals surface area contributed by atoms with E-state index in [9.17, 15) is 4.79 Å². The van der Waals surface area contributed by atoms with E-state index in [0.29, 0.717) is 10.9 Å². The molecule has 2 rings (SSSR count). The first-order chi connectivity index (χ1) is 6.29. The Morgan fingerprint density at radius 2 is 2.31 bits per heavy atom. The second-order valence-corrected chi connectivity index (χ2v) is 3.15. The molecule has 0 aromatic carbocycles. The molecule has 0 spiro atoms. The molecule has 2 aromatic rings. The molecule has 0 aliphatic carbocycles. The van der Waals surface area contributed by atoms with Gasteiger partial charge >= 0.3 is 5.63 Å². The Morgan fingerprint density at radius 1 is 1.46 bits per heavy atom. The van der Waals surface area contributed by atoms with Gasteiger partial charge in [-0.05, 0) is 12.3 Å². The van der Waals surface area contributed by atoms with Crippen molar-refractivity contribution >= 4 is 22.9 Å². The summed E-state index contributed by atoms with van der Waals surface area (Å²) in [5.74, 6) is 0. The predicted molar refractivity (Wildman–Crippen MR) is 49.9 cm³/mol. The molecule has 0 atom stereocenters. The van der Waals surface area contributed by atoms with Gasteiger partial charge in [-0.2, -0.15) is 4.98 Å². The second-order valence-electron chi connectivity index (χ2n) is 2.37. The topological polar surface area (TPSA) is 56.0 Å². The summed E-state index contributed by atoms with van der Waals surface area (Å²) in [6.07, 6.45) is 3.50. The number of hydrogen-bond acceptors (Lipinski definition) is 5. The number of aromatic nitrogens is 2. The summed E-state index contributed by atoms with van der Waals surface area (Å²) in [6, 6.07) is 3.00. The zero-order valence-corrected chi connectivity index (χ0v) is 7.67. The van der Waals surface area contributed by atoms with Gasteiger partial charge in [0.2, 0.25) is 5.71 Å². The van der Waals surface area contributed by atoms with Gasteiger partial charge in [0.25, 0.3) is 0 Å².